The van der Waals surface area contributed by atoms with Crippen LogP contribution in [0.2, 0.25) is 0 Å². The molecule has 0 fully saturated rings. The number of ether oxygens (including phenoxy) is 1. The molecule has 0 aliphatic carbocycles. The number of rotatable bonds is 3. The topological polar surface area (TPSA) is 66.8 Å². The molecule has 1 atom stereocenters. The van der Waals surface area contributed by atoms with E-state index in [0.717, 1.165) is 0 Å². The molecule has 0 aromatic heterocycles. The standard InChI is InChI=1S/C5H10O4/c1-2-9-5(8)4(7)3-6/h4,6-7H,2-3H2,1H3. The van der Waals surface area contributed by atoms with Gasteiger partial charge in [-0.15, -0.1) is 0 Å². The van der Waals surface area contributed by atoms with Gasteiger partial charge in [-0.05, 0) is 6.92 Å². The Labute approximate surface area is 53.1 Å². The first-order chi connectivity index (χ1) is 4.22. The fourth-order valence-electron chi connectivity index (χ4n) is 0.313. The van der Waals surface area contributed by atoms with Crippen LogP contribution in [0.3, 0.4) is 0 Å². The van der Waals surface area contributed by atoms with Crippen molar-refractivity contribution in [1.82, 2.24) is 0 Å². The van der Waals surface area contributed by atoms with Gasteiger partial charge < -0.3 is 14.9 Å². The van der Waals surface area contributed by atoms with Gasteiger partial charge in [0.05, 0.1) is 13.2 Å². The summed E-state index contributed by atoms with van der Waals surface area (Å²) < 4.78 is 4.35. The molecule has 0 aromatic carbocycles. The number of carbonyl (C=O) groups is 1. The summed E-state index contributed by atoms with van der Waals surface area (Å²) >= 11 is 0. The maximum absolute atomic E-state index is 10.3. The number of hydrogen-bond donors (Lipinski definition) is 2. The summed E-state index contributed by atoms with van der Waals surface area (Å²) in [4.78, 5) is 10.3. The van der Waals surface area contributed by atoms with Crippen LogP contribution in [0.1, 0.15) is 6.92 Å². The van der Waals surface area contributed by atoms with Gasteiger partial charge in [0, 0.05) is 0 Å². The Bertz CT molecular complexity index is 91.0. The second kappa shape index (κ2) is 4.29. The lowest BCUT2D eigenvalue weighted by molar-refractivity contribution is -0.154. The van der Waals surface area contributed by atoms with Crippen molar-refractivity contribution < 1.29 is 19.7 Å². The number of carbonyl (C=O) groups excluding carboxylic acids is 1. The highest BCUT2D eigenvalue weighted by Gasteiger charge is 2.13. The Kier molecular flexibility index (Phi) is 4.00. The van der Waals surface area contributed by atoms with Crippen LogP contribution in [0.5, 0.6) is 0 Å². The summed E-state index contributed by atoms with van der Waals surface area (Å²) in [5, 5.41) is 16.7. The third-order valence-electron chi connectivity index (χ3n) is 0.732. The average Bonchev–Trinajstić information content (AvgIpc) is 1.87. The second-order valence-electron chi connectivity index (χ2n) is 1.45. The van der Waals surface area contributed by atoms with E-state index in [9.17, 15) is 4.79 Å². The van der Waals surface area contributed by atoms with Crippen LogP contribution in [0.15, 0.2) is 0 Å². The number of hydrogen-bond acceptors (Lipinski definition) is 4. The Morgan fingerprint density at radius 3 is 2.67 bits per heavy atom. The van der Waals surface area contributed by atoms with Crippen LogP contribution in [0.25, 0.3) is 0 Å². The fraction of sp³-hybridized carbons (Fsp3) is 0.800. The zero-order chi connectivity index (χ0) is 7.28. The molecule has 0 spiro atoms. The van der Waals surface area contributed by atoms with Gasteiger partial charge in [-0.1, -0.05) is 0 Å². The van der Waals surface area contributed by atoms with Crippen molar-refractivity contribution in [2.45, 2.75) is 13.0 Å². The van der Waals surface area contributed by atoms with E-state index in [1.54, 1.807) is 6.92 Å². The van der Waals surface area contributed by atoms with Crippen molar-refractivity contribution in [3.05, 3.63) is 0 Å². The molecule has 9 heavy (non-hydrogen) atoms. The summed E-state index contributed by atoms with van der Waals surface area (Å²) in [5.41, 5.74) is 0. The van der Waals surface area contributed by atoms with Crippen LogP contribution >= 0.6 is 0 Å². The Morgan fingerprint density at radius 1 is 1.78 bits per heavy atom. The van der Waals surface area contributed by atoms with Crippen LogP contribution in [0.4, 0.5) is 0 Å². The fourth-order valence-corrected chi connectivity index (χ4v) is 0.313. The second-order valence-corrected chi connectivity index (χ2v) is 1.45. The molecule has 4 heteroatoms. The monoisotopic (exact) mass is 134 g/mol. The quantitative estimate of drug-likeness (QED) is 0.481. The molecule has 0 saturated heterocycles. The molecule has 2 N–H and O–H groups in total. The first kappa shape index (κ1) is 8.39. The highest BCUT2D eigenvalue weighted by Crippen LogP contribution is 1.85. The molecule has 0 aromatic rings. The van der Waals surface area contributed by atoms with Gasteiger partial charge in [0.15, 0.2) is 6.10 Å². The predicted molar refractivity (Wildman–Crippen MR) is 29.7 cm³/mol. The molecule has 0 radical (unpaired) electrons. The minimum atomic E-state index is -1.38. The lowest BCUT2D eigenvalue weighted by Crippen LogP contribution is -2.26. The van der Waals surface area contributed by atoms with E-state index >= 15 is 0 Å². The molecular weight excluding hydrogens is 124 g/mol. The summed E-state index contributed by atoms with van der Waals surface area (Å²) in [6.45, 7) is 1.26. The molecular formula is C5H10O4. The molecule has 0 aliphatic heterocycles. The van der Waals surface area contributed by atoms with Crippen molar-refractivity contribution in [2.75, 3.05) is 13.2 Å². The number of aliphatic hydroxyl groups is 2. The minimum Gasteiger partial charge on any atom is -0.464 e. The van der Waals surface area contributed by atoms with Crippen molar-refractivity contribution in [3.63, 3.8) is 0 Å². The van der Waals surface area contributed by atoms with E-state index in [2.05, 4.69) is 4.74 Å². The van der Waals surface area contributed by atoms with Crippen molar-refractivity contribution in [3.8, 4) is 0 Å². The molecule has 54 valence electrons. The van der Waals surface area contributed by atoms with Crippen LogP contribution in [0, 0.1) is 0 Å². The Hall–Kier alpha value is -0.610. The van der Waals surface area contributed by atoms with Gasteiger partial charge in [0.2, 0.25) is 0 Å². The summed E-state index contributed by atoms with van der Waals surface area (Å²) in [6, 6.07) is 0. The Morgan fingerprint density at radius 2 is 2.33 bits per heavy atom. The molecule has 4 nitrogen and oxygen atoms in total. The molecule has 0 saturated carbocycles. The number of aliphatic hydroxyl groups excluding tert-OH is 2. The first-order valence-electron chi connectivity index (χ1n) is 2.68. The van der Waals surface area contributed by atoms with E-state index in [1.165, 1.54) is 0 Å². The zero-order valence-corrected chi connectivity index (χ0v) is 5.20. The first-order valence-corrected chi connectivity index (χ1v) is 2.68. The third kappa shape index (κ3) is 3.05. The van der Waals surface area contributed by atoms with Gasteiger partial charge in [-0.25, -0.2) is 4.79 Å². The van der Waals surface area contributed by atoms with Crippen LogP contribution in [-0.4, -0.2) is 35.5 Å². The average molecular weight is 134 g/mol. The van der Waals surface area contributed by atoms with E-state index in [1.807, 2.05) is 0 Å². The van der Waals surface area contributed by atoms with Gasteiger partial charge in [0.25, 0.3) is 0 Å². The maximum Gasteiger partial charge on any atom is 0.337 e. The maximum atomic E-state index is 10.3. The van der Waals surface area contributed by atoms with E-state index in [4.69, 9.17) is 10.2 Å². The van der Waals surface area contributed by atoms with E-state index in [-0.39, 0.29) is 6.61 Å². The molecule has 0 bridgehead atoms. The lowest BCUT2D eigenvalue weighted by Gasteiger charge is -2.04. The predicted octanol–water partition coefficient (Wildman–Crippen LogP) is -1.10. The zero-order valence-electron chi connectivity index (χ0n) is 5.20. The minimum absolute atomic E-state index is 0.218. The molecule has 1 unspecified atom stereocenters. The van der Waals surface area contributed by atoms with E-state index < -0.39 is 18.7 Å². The normalized spacial score (nSPS) is 12.8. The van der Waals surface area contributed by atoms with E-state index in [0.29, 0.717) is 0 Å². The van der Waals surface area contributed by atoms with Crippen molar-refractivity contribution in [1.29, 1.82) is 0 Å². The van der Waals surface area contributed by atoms with Gasteiger partial charge in [0.1, 0.15) is 0 Å². The van der Waals surface area contributed by atoms with Crippen molar-refractivity contribution >= 4 is 5.97 Å². The van der Waals surface area contributed by atoms with Crippen molar-refractivity contribution in [2.24, 2.45) is 0 Å². The SMILES string of the molecule is CCOC(=O)C(O)CO. The smallest absolute Gasteiger partial charge is 0.337 e. The van der Waals surface area contributed by atoms with Gasteiger partial charge in [-0.3, -0.25) is 0 Å². The molecule has 0 amide bonds. The van der Waals surface area contributed by atoms with Gasteiger partial charge in [-0.2, -0.15) is 0 Å². The highest BCUT2D eigenvalue weighted by atomic mass is 16.5. The Balaban J connectivity index is 3.46. The molecule has 0 rings (SSSR count). The van der Waals surface area contributed by atoms with Crippen LogP contribution in [-0.2, 0) is 9.53 Å². The molecule has 0 aliphatic rings. The van der Waals surface area contributed by atoms with Gasteiger partial charge >= 0.3 is 5.97 Å². The van der Waals surface area contributed by atoms with Crippen LogP contribution < -0.4 is 0 Å². The summed E-state index contributed by atoms with van der Waals surface area (Å²) in [5.74, 6) is -0.778. The third-order valence-corrected chi connectivity index (χ3v) is 0.732. The number of esters is 1. The lowest BCUT2D eigenvalue weighted by atomic mass is 10.4. The highest BCUT2D eigenvalue weighted by molar-refractivity contribution is 5.74. The summed E-state index contributed by atoms with van der Waals surface area (Å²) in [7, 11) is 0. The molecule has 0 heterocycles. The largest absolute Gasteiger partial charge is 0.464 e. The summed E-state index contributed by atoms with van der Waals surface area (Å²) in [6.07, 6.45) is -1.38.